The number of benzene rings is 1. The highest BCUT2D eigenvalue weighted by atomic mass is 16.2. The number of hydrogen-bond acceptors (Lipinski definition) is 2. The average Bonchev–Trinajstić information content (AvgIpc) is 2.40. The van der Waals surface area contributed by atoms with Crippen LogP contribution < -0.4 is 4.90 Å². The van der Waals surface area contributed by atoms with Gasteiger partial charge in [-0.25, -0.2) is 0 Å². The van der Waals surface area contributed by atoms with Crippen molar-refractivity contribution in [2.45, 2.75) is 33.1 Å². The Morgan fingerprint density at radius 2 is 1.80 bits per heavy atom. The number of carbonyl (C=O) groups excluding carboxylic acids is 1. The predicted octanol–water partition coefficient (Wildman–Crippen LogP) is 2.75. The molecular weight excluding hydrogens is 248 g/mol. The standard InChI is InChI=1S/C17H24N2O/c1-13-5-3-8-16(14(13)2)18-9-11-19(12-10-18)17(20)15-6-4-7-15/h3,5,8,15H,4,6-7,9-12H2,1-2H3. The molecule has 1 aliphatic heterocycles. The molecular formula is C17H24N2O. The number of hydrogen-bond donors (Lipinski definition) is 0. The summed E-state index contributed by atoms with van der Waals surface area (Å²) in [6.07, 6.45) is 3.45. The molecule has 0 unspecified atom stereocenters. The first kappa shape index (κ1) is 13.5. The Kier molecular flexibility index (Phi) is 3.68. The highest BCUT2D eigenvalue weighted by Gasteiger charge is 2.31. The van der Waals surface area contributed by atoms with E-state index in [9.17, 15) is 4.79 Å². The molecule has 1 amide bonds. The molecule has 1 heterocycles. The van der Waals surface area contributed by atoms with E-state index in [-0.39, 0.29) is 0 Å². The molecule has 0 bridgehead atoms. The lowest BCUT2D eigenvalue weighted by Crippen LogP contribution is -2.51. The van der Waals surface area contributed by atoms with E-state index in [4.69, 9.17) is 0 Å². The molecule has 0 N–H and O–H groups in total. The molecule has 0 atom stereocenters. The lowest BCUT2D eigenvalue weighted by atomic mass is 9.84. The van der Waals surface area contributed by atoms with Crippen LogP contribution in [0.1, 0.15) is 30.4 Å². The number of amides is 1. The summed E-state index contributed by atoms with van der Waals surface area (Å²) in [6.45, 7) is 8.03. The maximum atomic E-state index is 12.3. The van der Waals surface area contributed by atoms with Crippen LogP contribution >= 0.6 is 0 Å². The van der Waals surface area contributed by atoms with E-state index in [1.54, 1.807) is 0 Å². The van der Waals surface area contributed by atoms with E-state index in [0.717, 1.165) is 39.0 Å². The van der Waals surface area contributed by atoms with Crippen LogP contribution in [0.15, 0.2) is 18.2 Å². The van der Waals surface area contributed by atoms with Crippen LogP contribution in [0.5, 0.6) is 0 Å². The monoisotopic (exact) mass is 272 g/mol. The molecule has 1 saturated heterocycles. The van der Waals surface area contributed by atoms with Crippen LogP contribution in [-0.4, -0.2) is 37.0 Å². The lowest BCUT2D eigenvalue weighted by molar-refractivity contribution is -0.138. The van der Waals surface area contributed by atoms with E-state index in [1.807, 2.05) is 0 Å². The fraction of sp³-hybridized carbons (Fsp3) is 0.588. The van der Waals surface area contributed by atoms with Gasteiger partial charge in [0.25, 0.3) is 0 Å². The zero-order chi connectivity index (χ0) is 14.1. The zero-order valence-corrected chi connectivity index (χ0v) is 12.6. The van der Waals surface area contributed by atoms with Crippen LogP contribution in [0.3, 0.4) is 0 Å². The van der Waals surface area contributed by atoms with Crippen molar-refractivity contribution >= 4 is 11.6 Å². The first-order valence-electron chi connectivity index (χ1n) is 7.77. The summed E-state index contributed by atoms with van der Waals surface area (Å²) in [5, 5.41) is 0. The zero-order valence-electron chi connectivity index (χ0n) is 12.6. The predicted molar refractivity (Wildman–Crippen MR) is 82.1 cm³/mol. The van der Waals surface area contributed by atoms with E-state index < -0.39 is 0 Å². The van der Waals surface area contributed by atoms with Crippen molar-refractivity contribution in [3.8, 4) is 0 Å². The average molecular weight is 272 g/mol. The molecule has 3 nitrogen and oxygen atoms in total. The Balaban J connectivity index is 1.63. The molecule has 0 radical (unpaired) electrons. The summed E-state index contributed by atoms with van der Waals surface area (Å²) in [7, 11) is 0. The highest BCUT2D eigenvalue weighted by molar-refractivity contribution is 5.80. The van der Waals surface area contributed by atoms with Gasteiger partial charge in [0.15, 0.2) is 0 Å². The maximum absolute atomic E-state index is 12.3. The van der Waals surface area contributed by atoms with Crippen molar-refractivity contribution in [2.24, 2.45) is 5.92 Å². The van der Waals surface area contributed by atoms with Gasteiger partial charge in [0, 0.05) is 37.8 Å². The quantitative estimate of drug-likeness (QED) is 0.826. The minimum atomic E-state index is 0.335. The summed E-state index contributed by atoms with van der Waals surface area (Å²) in [5.74, 6) is 0.735. The molecule has 20 heavy (non-hydrogen) atoms. The molecule has 108 valence electrons. The molecule has 3 heteroatoms. The molecule has 0 aromatic heterocycles. The van der Waals surface area contributed by atoms with Gasteiger partial charge in [0.2, 0.25) is 5.91 Å². The third-order valence-electron chi connectivity index (χ3n) is 4.96. The molecule has 1 saturated carbocycles. The largest absolute Gasteiger partial charge is 0.368 e. The first-order valence-corrected chi connectivity index (χ1v) is 7.77. The van der Waals surface area contributed by atoms with Crippen molar-refractivity contribution in [2.75, 3.05) is 31.1 Å². The molecule has 1 aromatic carbocycles. The van der Waals surface area contributed by atoms with Crippen LogP contribution in [0.4, 0.5) is 5.69 Å². The van der Waals surface area contributed by atoms with Crippen LogP contribution in [0, 0.1) is 19.8 Å². The van der Waals surface area contributed by atoms with Crippen molar-refractivity contribution in [3.63, 3.8) is 0 Å². The molecule has 1 aliphatic carbocycles. The Bertz CT molecular complexity index is 500. The normalized spacial score (nSPS) is 19.9. The fourth-order valence-corrected chi connectivity index (χ4v) is 3.16. The van der Waals surface area contributed by atoms with Crippen molar-refractivity contribution < 1.29 is 4.79 Å². The summed E-state index contributed by atoms with van der Waals surface area (Å²) in [6, 6.07) is 6.49. The van der Waals surface area contributed by atoms with Gasteiger partial charge in [0.05, 0.1) is 0 Å². The van der Waals surface area contributed by atoms with E-state index in [0.29, 0.717) is 11.8 Å². The number of aryl methyl sites for hydroxylation is 1. The molecule has 2 fully saturated rings. The van der Waals surface area contributed by atoms with Gasteiger partial charge in [-0.3, -0.25) is 4.79 Å². The number of anilines is 1. The Labute approximate surface area is 121 Å². The fourth-order valence-electron chi connectivity index (χ4n) is 3.16. The van der Waals surface area contributed by atoms with Gasteiger partial charge in [-0.2, -0.15) is 0 Å². The van der Waals surface area contributed by atoms with Gasteiger partial charge in [0.1, 0.15) is 0 Å². The first-order chi connectivity index (χ1) is 9.66. The summed E-state index contributed by atoms with van der Waals surface area (Å²) in [4.78, 5) is 16.8. The van der Waals surface area contributed by atoms with Crippen molar-refractivity contribution in [3.05, 3.63) is 29.3 Å². The number of piperazine rings is 1. The second-order valence-corrected chi connectivity index (χ2v) is 6.16. The van der Waals surface area contributed by atoms with Crippen LogP contribution in [0.2, 0.25) is 0 Å². The smallest absolute Gasteiger partial charge is 0.225 e. The molecule has 1 aromatic rings. The van der Waals surface area contributed by atoms with E-state index in [1.165, 1.54) is 23.2 Å². The van der Waals surface area contributed by atoms with Gasteiger partial charge >= 0.3 is 0 Å². The second-order valence-electron chi connectivity index (χ2n) is 6.16. The van der Waals surface area contributed by atoms with Crippen LogP contribution in [0.25, 0.3) is 0 Å². The Hall–Kier alpha value is -1.51. The van der Waals surface area contributed by atoms with Crippen molar-refractivity contribution in [1.29, 1.82) is 0 Å². The number of rotatable bonds is 2. The lowest BCUT2D eigenvalue weighted by Gasteiger charge is -2.39. The van der Waals surface area contributed by atoms with E-state index in [2.05, 4.69) is 41.8 Å². The minimum absolute atomic E-state index is 0.335. The summed E-state index contributed by atoms with van der Waals surface area (Å²) >= 11 is 0. The van der Waals surface area contributed by atoms with Crippen LogP contribution in [-0.2, 0) is 4.79 Å². The van der Waals surface area contributed by atoms with Gasteiger partial charge in [-0.05, 0) is 43.9 Å². The van der Waals surface area contributed by atoms with Gasteiger partial charge in [-0.1, -0.05) is 18.6 Å². The number of carbonyl (C=O) groups is 1. The topological polar surface area (TPSA) is 23.6 Å². The molecule has 0 spiro atoms. The van der Waals surface area contributed by atoms with Gasteiger partial charge in [-0.15, -0.1) is 0 Å². The van der Waals surface area contributed by atoms with Crippen molar-refractivity contribution in [1.82, 2.24) is 4.90 Å². The summed E-state index contributed by atoms with van der Waals surface area (Å²) < 4.78 is 0. The second kappa shape index (κ2) is 5.47. The van der Waals surface area contributed by atoms with E-state index >= 15 is 0 Å². The molecule has 2 aliphatic rings. The SMILES string of the molecule is Cc1cccc(N2CCN(C(=O)C3CCC3)CC2)c1C. The molecule has 3 rings (SSSR count). The minimum Gasteiger partial charge on any atom is -0.368 e. The summed E-state index contributed by atoms with van der Waals surface area (Å²) in [5.41, 5.74) is 4.04. The maximum Gasteiger partial charge on any atom is 0.225 e. The Morgan fingerprint density at radius 3 is 2.40 bits per heavy atom. The Morgan fingerprint density at radius 1 is 1.10 bits per heavy atom. The third kappa shape index (κ3) is 2.41. The van der Waals surface area contributed by atoms with Gasteiger partial charge < -0.3 is 9.80 Å². The highest BCUT2D eigenvalue weighted by Crippen LogP contribution is 2.29. The third-order valence-corrected chi connectivity index (χ3v) is 4.96. The number of nitrogens with zero attached hydrogens (tertiary/aromatic N) is 2.